The quantitative estimate of drug-likeness (QED) is 0.483. The zero-order valence-electron chi connectivity index (χ0n) is 18.7. The summed E-state index contributed by atoms with van der Waals surface area (Å²) in [5.41, 5.74) is -0.772. The third-order valence-corrected chi connectivity index (χ3v) is 6.56. The molecule has 36 heavy (non-hydrogen) atoms. The minimum Gasteiger partial charge on any atom is -0.349 e. The van der Waals surface area contributed by atoms with Crippen LogP contribution in [0.1, 0.15) is 46.8 Å². The second-order valence-corrected chi connectivity index (χ2v) is 9.74. The van der Waals surface area contributed by atoms with E-state index in [9.17, 15) is 30.8 Å². The molecule has 0 spiro atoms. The number of halogens is 4. The Labute approximate surface area is 204 Å². The van der Waals surface area contributed by atoms with Gasteiger partial charge in [0.05, 0.1) is 17.2 Å². The van der Waals surface area contributed by atoms with E-state index in [1.165, 1.54) is 18.2 Å². The van der Waals surface area contributed by atoms with Crippen LogP contribution in [0.25, 0.3) is 0 Å². The average molecular weight is 524 g/mol. The number of pyridine rings is 2. The summed E-state index contributed by atoms with van der Waals surface area (Å²) < 4.78 is 77.1. The molecule has 0 saturated carbocycles. The van der Waals surface area contributed by atoms with Crippen LogP contribution in [-0.4, -0.2) is 30.8 Å². The molecule has 3 heterocycles. The Bertz CT molecular complexity index is 1380. The summed E-state index contributed by atoms with van der Waals surface area (Å²) in [6, 6.07) is 8.40. The molecule has 1 aliphatic heterocycles. The van der Waals surface area contributed by atoms with Gasteiger partial charge in [-0.15, -0.1) is 0 Å². The predicted molar refractivity (Wildman–Crippen MR) is 123 cm³/mol. The van der Waals surface area contributed by atoms with E-state index in [-0.39, 0.29) is 23.1 Å². The van der Waals surface area contributed by atoms with E-state index in [2.05, 4.69) is 15.3 Å². The Kier molecular flexibility index (Phi) is 6.96. The number of nitrogens with zero attached hydrogens (tertiary/aromatic N) is 3. The summed E-state index contributed by atoms with van der Waals surface area (Å²) in [4.78, 5) is 22.6. The standard InChI is InChI=1S/C23H21F4N5O3S/c24-16-6-4-14(5-7-16)19-3-1-2-10-32(19)21-18(11-15(13-30-21)23(25,26)27)22(33)31-17-8-9-29-20(12-17)36(28,34)35/h4-9,11-13,19H,1-3,10H2,(H2,28,34,35)(H,29,31,33). The van der Waals surface area contributed by atoms with Crippen molar-refractivity contribution in [3.05, 3.63) is 77.4 Å². The number of alkyl halides is 3. The van der Waals surface area contributed by atoms with Crippen molar-refractivity contribution in [2.45, 2.75) is 36.5 Å². The predicted octanol–water partition coefficient (Wildman–Crippen LogP) is 4.27. The molecular weight excluding hydrogens is 502 g/mol. The summed E-state index contributed by atoms with van der Waals surface area (Å²) in [7, 11) is -4.18. The van der Waals surface area contributed by atoms with Crippen molar-refractivity contribution in [2.75, 3.05) is 16.8 Å². The number of anilines is 2. The summed E-state index contributed by atoms with van der Waals surface area (Å²) in [5, 5.41) is 6.96. The number of piperidine rings is 1. The van der Waals surface area contributed by atoms with Gasteiger partial charge in [0, 0.05) is 30.7 Å². The van der Waals surface area contributed by atoms with Gasteiger partial charge in [0.25, 0.3) is 15.9 Å². The number of amides is 1. The zero-order valence-corrected chi connectivity index (χ0v) is 19.5. The number of hydrogen-bond acceptors (Lipinski definition) is 6. The summed E-state index contributed by atoms with van der Waals surface area (Å²) >= 11 is 0. The molecule has 1 aromatic carbocycles. The number of sulfonamides is 1. The van der Waals surface area contributed by atoms with Crippen LogP contribution in [0.2, 0.25) is 0 Å². The largest absolute Gasteiger partial charge is 0.417 e. The molecule has 190 valence electrons. The summed E-state index contributed by atoms with van der Waals surface area (Å²) in [5.74, 6) is -1.33. The molecule has 8 nitrogen and oxygen atoms in total. The first kappa shape index (κ1) is 25.5. The number of primary sulfonamides is 1. The fourth-order valence-corrected chi connectivity index (χ4v) is 4.57. The third kappa shape index (κ3) is 5.62. The Morgan fingerprint density at radius 1 is 1.08 bits per heavy atom. The van der Waals surface area contributed by atoms with Crippen LogP contribution in [0, 0.1) is 5.82 Å². The van der Waals surface area contributed by atoms with E-state index < -0.39 is 38.5 Å². The first-order valence-electron chi connectivity index (χ1n) is 10.8. The van der Waals surface area contributed by atoms with Crippen molar-refractivity contribution in [1.29, 1.82) is 0 Å². The molecule has 0 radical (unpaired) electrons. The van der Waals surface area contributed by atoms with Crippen LogP contribution < -0.4 is 15.4 Å². The molecule has 1 unspecified atom stereocenters. The van der Waals surface area contributed by atoms with Crippen LogP contribution in [0.4, 0.5) is 29.1 Å². The SMILES string of the molecule is NS(=O)(=O)c1cc(NC(=O)c2cc(C(F)(F)F)cnc2N2CCCCC2c2ccc(F)cc2)ccn1. The molecule has 4 rings (SSSR count). The fourth-order valence-electron chi connectivity index (χ4n) is 4.07. The highest BCUT2D eigenvalue weighted by Crippen LogP contribution is 2.38. The third-order valence-electron chi connectivity index (χ3n) is 5.75. The molecule has 1 atom stereocenters. The summed E-state index contributed by atoms with van der Waals surface area (Å²) in [6.07, 6.45) is -0.838. The maximum atomic E-state index is 13.5. The number of nitrogens with one attached hydrogen (secondary N) is 1. The van der Waals surface area contributed by atoms with Crippen molar-refractivity contribution in [3.63, 3.8) is 0 Å². The van der Waals surface area contributed by atoms with Crippen LogP contribution in [0.15, 0.2) is 59.9 Å². The highest BCUT2D eigenvalue weighted by Gasteiger charge is 2.35. The minimum absolute atomic E-state index is 0.0234. The van der Waals surface area contributed by atoms with E-state index in [1.54, 1.807) is 17.0 Å². The van der Waals surface area contributed by atoms with Gasteiger partial charge in [0.2, 0.25) is 0 Å². The Morgan fingerprint density at radius 2 is 1.81 bits per heavy atom. The molecule has 1 saturated heterocycles. The normalized spacial score (nSPS) is 16.6. The second-order valence-electron chi connectivity index (χ2n) is 8.23. The second kappa shape index (κ2) is 9.82. The van der Waals surface area contributed by atoms with Gasteiger partial charge >= 0.3 is 6.18 Å². The number of rotatable bonds is 5. The van der Waals surface area contributed by atoms with Crippen LogP contribution in [0.3, 0.4) is 0 Å². The first-order chi connectivity index (χ1) is 16.9. The highest BCUT2D eigenvalue weighted by atomic mass is 32.2. The Morgan fingerprint density at radius 3 is 2.47 bits per heavy atom. The minimum atomic E-state index is -4.75. The van der Waals surface area contributed by atoms with Gasteiger partial charge in [-0.3, -0.25) is 4.79 Å². The van der Waals surface area contributed by atoms with Crippen LogP contribution in [-0.2, 0) is 16.2 Å². The number of carbonyl (C=O) groups excluding carboxylic acids is 1. The van der Waals surface area contributed by atoms with Gasteiger partial charge in [-0.1, -0.05) is 12.1 Å². The van der Waals surface area contributed by atoms with Gasteiger partial charge in [-0.2, -0.15) is 13.2 Å². The number of hydrogen-bond donors (Lipinski definition) is 2. The maximum absolute atomic E-state index is 13.5. The van der Waals surface area contributed by atoms with E-state index in [0.29, 0.717) is 31.6 Å². The Hall–Kier alpha value is -3.58. The number of benzene rings is 1. The monoisotopic (exact) mass is 523 g/mol. The molecular formula is C23H21F4N5O3S. The molecule has 3 N–H and O–H groups in total. The lowest BCUT2D eigenvalue weighted by Gasteiger charge is -2.38. The lowest BCUT2D eigenvalue weighted by atomic mass is 9.94. The van der Waals surface area contributed by atoms with Crippen molar-refractivity contribution >= 4 is 27.4 Å². The van der Waals surface area contributed by atoms with Gasteiger partial charge in [0.1, 0.15) is 11.6 Å². The number of aromatic nitrogens is 2. The van der Waals surface area contributed by atoms with Gasteiger partial charge in [-0.05, 0) is 49.1 Å². The van der Waals surface area contributed by atoms with Gasteiger partial charge in [-0.25, -0.2) is 27.9 Å². The molecule has 0 aliphatic carbocycles. The highest BCUT2D eigenvalue weighted by molar-refractivity contribution is 7.89. The van der Waals surface area contributed by atoms with Gasteiger partial charge < -0.3 is 10.2 Å². The number of carbonyl (C=O) groups is 1. The van der Waals surface area contributed by atoms with Crippen molar-refractivity contribution in [1.82, 2.24) is 9.97 Å². The fraction of sp³-hybridized carbons (Fsp3) is 0.261. The molecule has 1 amide bonds. The maximum Gasteiger partial charge on any atom is 0.417 e. The van der Waals surface area contributed by atoms with E-state index in [0.717, 1.165) is 24.2 Å². The van der Waals surface area contributed by atoms with E-state index in [4.69, 9.17) is 5.14 Å². The number of nitrogens with two attached hydrogens (primary N) is 1. The molecule has 2 aromatic heterocycles. The molecule has 13 heteroatoms. The van der Waals surface area contributed by atoms with Crippen molar-refractivity contribution < 1.29 is 30.8 Å². The summed E-state index contributed by atoms with van der Waals surface area (Å²) in [6.45, 7) is 0.408. The van der Waals surface area contributed by atoms with Gasteiger partial charge in [0.15, 0.2) is 5.03 Å². The lowest BCUT2D eigenvalue weighted by Crippen LogP contribution is -2.36. The van der Waals surface area contributed by atoms with Crippen molar-refractivity contribution in [3.8, 4) is 0 Å². The lowest BCUT2D eigenvalue weighted by molar-refractivity contribution is -0.137. The Balaban J connectivity index is 1.76. The molecule has 1 aliphatic rings. The van der Waals surface area contributed by atoms with Crippen molar-refractivity contribution in [2.24, 2.45) is 5.14 Å². The average Bonchev–Trinajstić information content (AvgIpc) is 2.83. The van der Waals surface area contributed by atoms with Crippen LogP contribution in [0.5, 0.6) is 0 Å². The zero-order chi connectivity index (χ0) is 26.1. The molecule has 3 aromatic rings. The smallest absolute Gasteiger partial charge is 0.349 e. The molecule has 1 fully saturated rings. The van der Waals surface area contributed by atoms with Crippen LogP contribution >= 0.6 is 0 Å². The van der Waals surface area contributed by atoms with E-state index in [1.807, 2.05) is 0 Å². The first-order valence-corrected chi connectivity index (χ1v) is 12.4. The van der Waals surface area contributed by atoms with E-state index >= 15 is 0 Å². The molecule has 0 bridgehead atoms. The topological polar surface area (TPSA) is 118 Å².